The van der Waals surface area contributed by atoms with Crippen LogP contribution in [0.3, 0.4) is 0 Å². The Hall–Kier alpha value is -2.66. The summed E-state index contributed by atoms with van der Waals surface area (Å²) >= 11 is 0. The Morgan fingerprint density at radius 3 is 2.50 bits per heavy atom. The zero-order valence-corrected chi connectivity index (χ0v) is 16.9. The lowest BCUT2D eigenvalue weighted by atomic mass is 10.0. The van der Waals surface area contributed by atoms with Gasteiger partial charge in [-0.25, -0.2) is 0 Å². The third kappa shape index (κ3) is 4.60. The van der Waals surface area contributed by atoms with Crippen LogP contribution in [0.25, 0.3) is 0 Å². The van der Waals surface area contributed by atoms with Gasteiger partial charge in [0, 0.05) is 43.9 Å². The molecule has 1 aliphatic rings. The molecular formula is C23H30N2O3. The van der Waals surface area contributed by atoms with E-state index < -0.39 is 0 Å². The van der Waals surface area contributed by atoms with Gasteiger partial charge in [0.15, 0.2) is 0 Å². The predicted octanol–water partition coefficient (Wildman–Crippen LogP) is 3.85. The average molecular weight is 383 g/mol. The lowest BCUT2D eigenvalue weighted by Crippen LogP contribution is -2.46. The van der Waals surface area contributed by atoms with Crippen molar-refractivity contribution in [1.82, 2.24) is 4.90 Å². The Morgan fingerprint density at radius 1 is 1.11 bits per heavy atom. The van der Waals surface area contributed by atoms with E-state index in [-0.39, 0.29) is 0 Å². The minimum Gasteiger partial charge on any atom is -0.507 e. The van der Waals surface area contributed by atoms with E-state index in [0.717, 1.165) is 54.5 Å². The number of allylic oxidation sites excluding steroid dienone is 1. The zero-order chi connectivity index (χ0) is 19.9. The van der Waals surface area contributed by atoms with Gasteiger partial charge >= 0.3 is 0 Å². The van der Waals surface area contributed by atoms with Crippen LogP contribution in [0.1, 0.15) is 18.1 Å². The second kappa shape index (κ2) is 9.51. The van der Waals surface area contributed by atoms with Gasteiger partial charge in [-0.3, -0.25) is 4.90 Å². The number of hydrogen-bond acceptors (Lipinski definition) is 5. The Labute approximate surface area is 167 Å². The van der Waals surface area contributed by atoms with Crippen LogP contribution >= 0.6 is 0 Å². The van der Waals surface area contributed by atoms with Crippen molar-refractivity contribution in [3.8, 4) is 17.2 Å². The molecule has 0 spiro atoms. The van der Waals surface area contributed by atoms with Crippen LogP contribution < -0.4 is 14.4 Å². The molecule has 0 radical (unpaired) electrons. The normalized spacial score (nSPS) is 14.7. The van der Waals surface area contributed by atoms with Gasteiger partial charge in [-0.1, -0.05) is 18.2 Å². The Morgan fingerprint density at radius 2 is 1.82 bits per heavy atom. The Bertz CT molecular complexity index is 798. The number of nitrogens with zero attached hydrogens (tertiary/aromatic N) is 2. The molecule has 1 aliphatic heterocycles. The van der Waals surface area contributed by atoms with Gasteiger partial charge in [-0.2, -0.15) is 0 Å². The van der Waals surface area contributed by atoms with E-state index in [4.69, 9.17) is 9.47 Å². The van der Waals surface area contributed by atoms with Crippen LogP contribution in [0.5, 0.6) is 17.2 Å². The molecule has 0 amide bonds. The van der Waals surface area contributed by atoms with Crippen LogP contribution in [-0.4, -0.2) is 49.9 Å². The Kier molecular flexibility index (Phi) is 6.82. The number of aromatic hydroxyl groups is 1. The van der Waals surface area contributed by atoms with Crippen molar-refractivity contribution in [3.63, 3.8) is 0 Å². The monoisotopic (exact) mass is 382 g/mol. The highest BCUT2D eigenvalue weighted by molar-refractivity contribution is 5.58. The lowest BCUT2D eigenvalue weighted by Gasteiger charge is -2.36. The van der Waals surface area contributed by atoms with E-state index in [2.05, 4.69) is 28.5 Å². The fraction of sp³-hybridized carbons (Fsp3) is 0.391. The number of anilines is 1. The number of phenols is 1. The summed E-state index contributed by atoms with van der Waals surface area (Å²) in [6.45, 7) is 10.9. The smallest absolute Gasteiger partial charge is 0.142 e. The number of benzene rings is 2. The van der Waals surface area contributed by atoms with E-state index in [1.807, 2.05) is 31.2 Å². The number of rotatable bonds is 8. The molecule has 3 rings (SSSR count). The molecule has 0 bridgehead atoms. The topological polar surface area (TPSA) is 45.2 Å². The van der Waals surface area contributed by atoms with Crippen LogP contribution in [0.15, 0.2) is 49.1 Å². The van der Waals surface area contributed by atoms with Crippen molar-refractivity contribution >= 4 is 5.69 Å². The van der Waals surface area contributed by atoms with Crippen molar-refractivity contribution in [3.05, 3.63) is 60.2 Å². The molecular weight excluding hydrogens is 352 g/mol. The molecule has 2 aromatic carbocycles. The molecule has 2 aromatic rings. The number of piperazine rings is 1. The second-order valence-electron chi connectivity index (χ2n) is 6.95. The first-order chi connectivity index (χ1) is 13.7. The van der Waals surface area contributed by atoms with Gasteiger partial charge in [0.1, 0.15) is 17.2 Å². The predicted molar refractivity (Wildman–Crippen MR) is 114 cm³/mol. The van der Waals surface area contributed by atoms with Crippen LogP contribution in [-0.2, 0) is 13.0 Å². The summed E-state index contributed by atoms with van der Waals surface area (Å²) in [5, 5.41) is 10.6. The molecule has 0 aliphatic carbocycles. The zero-order valence-electron chi connectivity index (χ0n) is 16.9. The SMILES string of the molecule is C=CCc1cc(OC)cc(CN2CCN(c3ccccc3OCC)CC2)c1O. The molecule has 0 aromatic heterocycles. The van der Waals surface area contributed by atoms with Crippen molar-refractivity contribution in [1.29, 1.82) is 0 Å². The maximum absolute atomic E-state index is 10.6. The first-order valence-electron chi connectivity index (χ1n) is 9.85. The lowest BCUT2D eigenvalue weighted by molar-refractivity contribution is 0.245. The second-order valence-corrected chi connectivity index (χ2v) is 6.95. The molecule has 1 N–H and O–H groups in total. The van der Waals surface area contributed by atoms with E-state index >= 15 is 0 Å². The van der Waals surface area contributed by atoms with Gasteiger partial charge in [0.25, 0.3) is 0 Å². The third-order valence-corrected chi connectivity index (χ3v) is 5.11. The third-order valence-electron chi connectivity index (χ3n) is 5.11. The number of phenolic OH excluding ortho intramolecular Hbond substituents is 1. The van der Waals surface area contributed by atoms with Gasteiger partial charge in [-0.05, 0) is 37.6 Å². The van der Waals surface area contributed by atoms with Crippen molar-refractivity contribution in [2.24, 2.45) is 0 Å². The molecule has 150 valence electrons. The highest BCUT2D eigenvalue weighted by atomic mass is 16.5. The molecule has 0 saturated carbocycles. The highest BCUT2D eigenvalue weighted by Crippen LogP contribution is 2.32. The summed E-state index contributed by atoms with van der Waals surface area (Å²) < 4.78 is 11.2. The van der Waals surface area contributed by atoms with Crippen molar-refractivity contribution in [2.45, 2.75) is 19.9 Å². The van der Waals surface area contributed by atoms with Gasteiger partial charge in [-0.15, -0.1) is 6.58 Å². The molecule has 0 atom stereocenters. The van der Waals surface area contributed by atoms with Gasteiger partial charge in [0.2, 0.25) is 0 Å². The van der Waals surface area contributed by atoms with Crippen LogP contribution in [0.2, 0.25) is 0 Å². The number of methoxy groups -OCH3 is 1. The summed E-state index contributed by atoms with van der Waals surface area (Å²) in [6.07, 6.45) is 2.42. The standard InChI is InChI=1S/C23H30N2O3/c1-4-8-18-15-20(27-3)16-19(23(18)26)17-24-11-13-25(14-12-24)21-9-6-7-10-22(21)28-5-2/h4,6-7,9-10,15-16,26H,1,5,8,11-14,17H2,2-3H3. The molecule has 5 heteroatoms. The Balaban J connectivity index is 1.68. The first kappa shape index (κ1) is 20.1. The summed E-state index contributed by atoms with van der Waals surface area (Å²) in [7, 11) is 1.66. The molecule has 1 heterocycles. The fourth-order valence-corrected chi connectivity index (χ4v) is 3.66. The molecule has 28 heavy (non-hydrogen) atoms. The molecule has 1 saturated heterocycles. The molecule has 5 nitrogen and oxygen atoms in total. The van der Waals surface area contributed by atoms with E-state index in [1.165, 1.54) is 0 Å². The van der Waals surface area contributed by atoms with E-state index in [0.29, 0.717) is 25.3 Å². The maximum atomic E-state index is 10.6. The molecule has 0 unspecified atom stereocenters. The van der Waals surface area contributed by atoms with Crippen molar-refractivity contribution in [2.75, 3.05) is 44.8 Å². The van der Waals surface area contributed by atoms with Crippen LogP contribution in [0.4, 0.5) is 5.69 Å². The summed E-state index contributed by atoms with van der Waals surface area (Å²) in [5.41, 5.74) is 2.91. The van der Waals surface area contributed by atoms with Crippen LogP contribution in [0, 0.1) is 0 Å². The van der Waals surface area contributed by atoms with Crippen molar-refractivity contribution < 1.29 is 14.6 Å². The molecule has 1 fully saturated rings. The quantitative estimate of drug-likeness (QED) is 0.703. The average Bonchev–Trinajstić information content (AvgIpc) is 2.72. The number of para-hydroxylation sites is 2. The fourth-order valence-electron chi connectivity index (χ4n) is 3.66. The summed E-state index contributed by atoms with van der Waals surface area (Å²) in [5.74, 6) is 2.07. The minimum absolute atomic E-state index is 0.352. The van der Waals surface area contributed by atoms with Gasteiger partial charge in [0.05, 0.1) is 19.4 Å². The first-order valence-corrected chi connectivity index (χ1v) is 9.85. The summed E-state index contributed by atoms with van der Waals surface area (Å²) in [4.78, 5) is 4.74. The maximum Gasteiger partial charge on any atom is 0.142 e. The number of ether oxygens (including phenoxy) is 2. The minimum atomic E-state index is 0.352. The summed E-state index contributed by atoms with van der Waals surface area (Å²) in [6, 6.07) is 12.0. The van der Waals surface area contributed by atoms with Gasteiger partial charge < -0.3 is 19.5 Å². The number of hydrogen-bond donors (Lipinski definition) is 1. The van der Waals surface area contributed by atoms with E-state index in [1.54, 1.807) is 13.2 Å². The largest absolute Gasteiger partial charge is 0.507 e. The van der Waals surface area contributed by atoms with E-state index in [9.17, 15) is 5.11 Å². The highest BCUT2D eigenvalue weighted by Gasteiger charge is 2.21.